The van der Waals surface area contributed by atoms with Crippen LogP contribution in [0.2, 0.25) is 0 Å². The van der Waals surface area contributed by atoms with E-state index in [9.17, 15) is 0 Å². The van der Waals surface area contributed by atoms with E-state index in [0.717, 1.165) is 0 Å². The van der Waals surface area contributed by atoms with Crippen molar-refractivity contribution in [2.75, 3.05) is 18.8 Å². The van der Waals surface area contributed by atoms with Crippen LogP contribution in [0.15, 0.2) is 16.5 Å². The fraction of sp³-hybridized carbons (Fsp3) is 0.500. The van der Waals surface area contributed by atoms with E-state index in [2.05, 4.69) is 28.5 Å². The van der Waals surface area contributed by atoms with Gasteiger partial charge in [0, 0.05) is 10.3 Å². The van der Waals surface area contributed by atoms with E-state index in [-0.39, 0.29) is 0 Å². The first-order chi connectivity index (χ1) is 4.11. The van der Waals surface area contributed by atoms with Gasteiger partial charge in [-0.15, -0.1) is 0 Å². The highest BCUT2D eigenvalue weighted by Gasteiger charge is 2.07. The quantitative estimate of drug-likeness (QED) is 0.615. The van der Waals surface area contributed by atoms with Gasteiger partial charge >= 0.3 is 0 Å². The number of rotatable bonds is 1. The molecule has 0 saturated carbocycles. The van der Waals surface area contributed by atoms with Crippen LogP contribution < -0.4 is 0 Å². The standard InChI is InChI=1S/C6H11NS2/c1-9(2,3)6-4-7-8-5-6/h4-5H,1-3H3. The maximum Gasteiger partial charge on any atom is 0.0527 e. The van der Waals surface area contributed by atoms with E-state index in [4.69, 9.17) is 0 Å². The molecule has 0 bridgehead atoms. The lowest BCUT2D eigenvalue weighted by Gasteiger charge is -2.22. The number of aromatic nitrogens is 1. The number of hydrogen-bond donors (Lipinski definition) is 0. The fourth-order valence-corrected chi connectivity index (χ4v) is 2.62. The predicted octanol–water partition coefficient (Wildman–Crippen LogP) is 2.20. The van der Waals surface area contributed by atoms with E-state index >= 15 is 0 Å². The Morgan fingerprint density at radius 3 is 2.33 bits per heavy atom. The summed E-state index contributed by atoms with van der Waals surface area (Å²) in [6.07, 6.45) is 8.80. The van der Waals surface area contributed by atoms with Crippen LogP contribution >= 0.6 is 21.6 Å². The first-order valence-corrected chi connectivity index (χ1v) is 6.38. The lowest BCUT2D eigenvalue weighted by molar-refractivity contribution is 1.42. The minimum absolute atomic E-state index is 0.512. The zero-order valence-corrected chi connectivity index (χ0v) is 7.55. The summed E-state index contributed by atoms with van der Waals surface area (Å²) in [4.78, 5) is 1.41. The van der Waals surface area contributed by atoms with Crippen molar-refractivity contribution in [3.05, 3.63) is 11.6 Å². The van der Waals surface area contributed by atoms with Gasteiger partial charge in [-0.05, 0) is 30.3 Å². The molecule has 0 saturated heterocycles. The first kappa shape index (κ1) is 7.09. The fourth-order valence-electron chi connectivity index (χ4n) is 0.498. The summed E-state index contributed by atoms with van der Waals surface area (Å²) in [7, 11) is -0.512. The van der Waals surface area contributed by atoms with E-state index in [1.165, 1.54) is 16.4 Å². The summed E-state index contributed by atoms with van der Waals surface area (Å²) in [5.74, 6) is 0. The van der Waals surface area contributed by atoms with Crippen LogP contribution in [0.3, 0.4) is 0 Å². The zero-order valence-electron chi connectivity index (χ0n) is 5.92. The lowest BCUT2D eigenvalue weighted by Crippen LogP contribution is -1.88. The van der Waals surface area contributed by atoms with Gasteiger partial charge < -0.3 is 0 Å². The molecule has 1 aromatic heterocycles. The maximum absolute atomic E-state index is 4.05. The molecule has 1 nitrogen and oxygen atoms in total. The normalized spacial score (nSPS) is 13.7. The maximum atomic E-state index is 4.05. The SMILES string of the molecule is CS(C)(C)c1cnsc1. The van der Waals surface area contributed by atoms with Crippen molar-refractivity contribution in [1.82, 2.24) is 4.37 Å². The number of hydrogen-bond acceptors (Lipinski definition) is 2. The molecule has 0 aliphatic heterocycles. The van der Waals surface area contributed by atoms with Gasteiger partial charge in [-0.1, -0.05) is 0 Å². The van der Waals surface area contributed by atoms with E-state index < -0.39 is 10.0 Å². The molecular formula is C6H11NS2. The molecule has 52 valence electrons. The van der Waals surface area contributed by atoms with Crippen molar-refractivity contribution in [1.29, 1.82) is 0 Å². The Labute approximate surface area is 61.6 Å². The van der Waals surface area contributed by atoms with Crippen molar-refractivity contribution in [2.24, 2.45) is 0 Å². The van der Waals surface area contributed by atoms with Crippen LogP contribution in [0.4, 0.5) is 0 Å². The average molecular weight is 161 g/mol. The minimum Gasteiger partial charge on any atom is -0.221 e. The molecule has 0 N–H and O–H groups in total. The molecule has 1 rings (SSSR count). The second-order valence-electron chi connectivity index (χ2n) is 2.70. The van der Waals surface area contributed by atoms with Crippen LogP contribution in [0.25, 0.3) is 0 Å². The third kappa shape index (κ3) is 1.69. The molecule has 1 aromatic rings. The number of nitrogens with zero attached hydrogens (tertiary/aromatic N) is 1. The van der Waals surface area contributed by atoms with Gasteiger partial charge in [-0.25, -0.2) is 14.4 Å². The van der Waals surface area contributed by atoms with Crippen LogP contribution in [-0.2, 0) is 0 Å². The van der Waals surface area contributed by atoms with Gasteiger partial charge in [0.1, 0.15) is 0 Å². The van der Waals surface area contributed by atoms with E-state index in [1.54, 1.807) is 0 Å². The second kappa shape index (κ2) is 2.31. The van der Waals surface area contributed by atoms with Crippen LogP contribution in [0.5, 0.6) is 0 Å². The summed E-state index contributed by atoms with van der Waals surface area (Å²) in [6.45, 7) is 0. The summed E-state index contributed by atoms with van der Waals surface area (Å²) in [5, 5.41) is 2.13. The van der Waals surface area contributed by atoms with E-state index in [0.29, 0.717) is 0 Å². The molecule has 1 heterocycles. The lowest BCUT2D eigenvalue weighted by atomic mass is 10.8. The molecule has 0 amide bonds. The highest BCUT2D eigenvalue weighted by atomic mass is 32.3. The molecule has 0 fully saturated rings. The van der Waals surface area contributed by atoms with E-state index in [1.807, 2.05) is 6.20 Å². The molecule has 9 heavy (non-hydrogen) atoms. The monoisotopic (exact) mass is 161 g/mol. The van der Waals surface area contributed by atoms with Crippen molar-refractivity contribution in [3.8, 4) is 0 Å². The third-order valence-corrected chi connectivity index (χ3v) is 3.49. The van der Waals surface area contributed by atoms with Crippen molar-refractivity contribution >= 4 is 21.6 Å². The molecule has 3 heteroatoms. The highest BCUT2D eigenvalue weighted by Crippen LogP contribution is 2.45. The predicted molar refractivity (Wildman–Crippen MR) is 45.7 cm³/mol. The Morgan fingerprint density at radius 2 is 2.11 bits per heavy atom. The summed E-state index contributed by atoms with van der Waals surface area (Å²) >= 11 is 1.54. The third-order valence-electron chi connectivity index (χ3n) is 1.12. The molecule has 0 unspecified atom stereocenters. The Bertz CT molecular complexity index is 173. The molecular weight excluding hydrogens is 150 g/mol. The van der Waals surface area contributed by atoms with Gasteiger partial charge in [-0.2, -0.15) is 0 Å². The van der Waals surface area contributed by atoms with Gasteiger partial charge in [0.15, 0.2) is 0 Å². The smallest absolute Gasteiger partial charge is 0.0527 e. The Balaban J connectivity index is 2.90. The Hall–Kier alpha value is -0.0200. The molecule has 0 aliphatic rings. The average Bonchev–Trinajstić information content (AvgIpc) is 2.08. The second-order valence-corrected chi connectivity index (χ2v) is 7.50. The summed E-state index contributed by atoms with van der Waals surface area (Å²) in [5.41, 5.74) is 0. The highest BCUT2D eigenvalue weighted by molar-refractivity contribution is 8.32. The topological polar surface area (TPSA) is 12.9 Å². The summed E-state index contributed by atoms with van der Waals surface area (Å²) < 4.78 is 4.05. The van der Waals surface area contributed by atoms with Gasteiger partial charge in [0.25, 0.3) is 0 Å². The Kier molecular flexibility index (Phi) is 1.82. The largest absolute Gasteiger partial charge is 0.221 e. The van der Waals surface area contributed by atoms with Crippen molar-refractivity contribution in [3.63, 3.8) is 0 Å². The Morgan fingerprint density at radius 1 is 1.44 bits per heavy atom. The van der Waals surface area contributed by atoms with Crippen molar-refractivity contribution < 1.29 is 0 Å². The molecule has 0 spiro atoms. The van der Waals surface area contributed by atoms with Gasteiger partial charge in [-0.3, -0.25) is 0 Å². The van der Waals surface area contributed by atoms with Gasteiger partial charge in [0.05, 0.1) is 6.20 Å². The van der Waals surface area contributed by atoms with Crippen LogP contribution in [-0.4, -0.2) is 23.1 Å². The van der Waals surface area contributed by atoms with Crippen LogP contribution in [0, 0.1) is 0 Å². The molecule has 0 aliphatic carbocycles. The molecule has 0 radical (unpaired) electrons. The molecule has 0 aromatic carbocycles. The summed E-state index contributed by atoms with van der Waals surface area (Å²) in [6, 6.07) is 0. The van der Waals surface area contributed by atoms with Gasteiger partial charge in [0.2, 0.25) is 0 Å². The van der Waals surface area contributed by atoms with Crippen molar-refractivity contribution in [2.45, 2.75) is 4.90 Å². The molecule has 0 atom stereocenters. The first-order valence-electron chi connectivity index (χ1n) is 2.68. The minimum atomic E-state index is -0.512. The zero-order chi connectivity index (χ0) is 6.91. The van der Waals surface area contributed by atoms with Crippen LogP contribution in [0.1, 0.15) is 0 Å².